The average molecular weight is 145 g/mol. The summed E-state index contributed by atoms with van der Waals surface area (Å²) in [7, 11) is 0. The van der Waals surface area contributed by atoms with Gasteiger partial charge in [-0.2, -0.15) is 0 Å². The van der Waals surface area contributed by atoms with E-state index in [1.54, 1.807) is 12.1 Å². The molecule has 0 saturated heterocycles. The van der Waals surface area contributed by atoms with Crippen molar-refractivity contribution in [2.24, 2.45) is 5.92 Å². The highest BCUT2D eigenvalue weighted by Gasteiger charge is 2.29. The van der Waals surface area contributed by atoms with Crippen molar-refractivity contribution in [1.29, 1.82) is 0 Å². The van der Waals surface area contributed by atoms with Crippen LogP contribution in [0, 0.1) is 12.0 Å². The first-order valence-electron chi connectivity index (χ1n) is 3.88. The van der Waals surface area contributed by atoms with Crippen LogP contribution in [-0.2, 0) is 0 Å². The van der Waals surface area contributed by atoms with Crippen molar-refractivity contribution in [3.05, 3.63) is 35.9 Å². The molecule has 0 unspecified atom stereocenters. The molecule has 0 amide bonds. The average Bonchev–Trinajstić information content (AvgIpc) is 2.87. The Morgan fingerprint density at radius 3 is 2.55 bits per heavy atom. The molecule has 0 aliphatic heterocycles. The van der Waals surface area contributed by atoms with E-state index in [0.717, 1.165) is 18.4 Å². The second-order valence-corrected chi connectivity index (χ2v) is 2.93. The Hall–Kier alpha value is -1.11. The Kier molecular flexibility index (Phi) is 1.50. The fourth-order valence-electron chi connectivity index (χ4n) is 1.13. The zero-order valence-corrected chi connectivity index (χ0v) is 6.21. The third kappa shape index (κ3) is 1.32. The highest BCUT2D eigenvalue weighted by atomic mass is 16.1. The lowest BCUT2D eigenvalue weighted by Crippen LogP contribution is -1.99. The molecule has 1 aliphatic carbocycles. The van der Waals surface area contributed by atoms with Crippen LogP contribution < -0.4 is 0 Å². The van der Waals surface area contributed by atoms with Crippen LogP contribution >= 0.6 is 0 Å². The normalized spacial score (nSPS) is 16.4. The lowest BCUT2D eigenvalue weighted by atomic mass is 10.1. The molecule has 0 heterocycles. The third-order valence-corrected chi connectivity index (χ3v) is 1.95. The minimum Gasteiger partial charge on any atom is -0.294 e. The molecule has 1 radical (unpaired) electrons. The smallest absolute Gasteiger partial charge is 0.165 e. The van der Waals surface area contributed by atoms with Gasteiger partial charge in [-0.25, -0.2) is 0 Å². The molecule has 1 fully saturated rings. The number of hydrogen-bond acceptors (Lipinski definition) is 1. The molecule has 1 nitrogen and oxygen atoms in total. The molecule has 0 spiro atoms. The van der Waals surface area contributed by atoms with Gasteiger partial charge in [0.15, 0.2) is 5.78 Å². The van der Waals surface area contributed by atoms with Gasteiger partial charge in [-0.15, -0.1) is 0 Å². The van der Waals surface area contributed by atoms with E-state index in [2.05, 4.69) is 6.07 Å². The van der Waals surface area contributed by atoms with Crippen molar-refractivity contribution in [3.8, 4) is 0 Å². The summed E-state index contributed by atoms with van der Waals surface area (Å²) in [6, 6.07) is 10.1. The van der Waals surface area contributed by atoms with Gasteiger partial charge in [-0.05, 0) is 18.9 Å². The first-order valence-corrected chi connectivity index (χ1v) is 3.88. The Bertz CT molecular complexity index is 259. The number of carbonyl (C=O) groups excluding carboxylic acids is 1. The number of hydrogen-bond donors (Lipinski definition) is 0. The second kappa shape index (κ2) is 2.50. The highest BCUT2D eigenvalue weighted by molar-refractivity contribution is 5.99. The van der Waals surface area contributed by atoms with Crippen LogP contribution in [0.2, 0.25) is 0 Å². The molecular weight excluding hydrogens is 136 g/mol. The van der Waals surface area contributed by atoms with Gasteiger partial charge in [0.2, 0.25) is 0 Å². The largest absolute Gasteiger partial charge is 0.294 e. The number of ketones is 1. The maximum atomic E-state index is 11.4. The molecule has 0 N–H and O–H groups in total. The molecule has 11 heavy (non-hydrogen) atoms. The molecule has 2 rings (SSSR count). The number of carbonyl (C=O) groups is 1. The van der Waals surface area contributed by atoms with Crippen molar-refractivity contribution in [2.75, 3.05) is 0 Å². The lowest BCUT2D eigenvalue weighted by Gasteiger charge is -1.95. The Morgan fingerprint density at radius 1 is 1.36 bits per heavy atom. The van der Waals surface area contributed by atoms with E-state index in [0.29, 0.717) is 11.7 Å². The summed E-state index contributed by atoms with van der Waals surface area (Å²) in [6.45, 7) is 0. The molecule has 0 aromatic heterocycles. The highest BCUT2D eigenvalue weighted by Crippen LogP contribution is 2.32. The van der Waals surface area contributed by atoms with E-state index in [9.17, 15) is 4.79 Å². The first-order chi connectivity index (χ1) is 5.38. The Morgan fingerprint density at radius 2 is 2.00 bits per heavy atom. The summed E-state index contributed by atoms with van der Waals surface area (Å²) in [5, 5.41) is 0. The van der Waals surface area contributed by atoms with Gasteiger partial charge in [0.1, 0.15) is 0 Å². The van der Waals surface area contributed by atoms with E-state index in [-0.39, 0.29) is 0 Å². The number of rotatable bonds is 2. The van der Waals surface area contributed by atoms with Gasteiger partial charge in [0.25, 0.3) is 0 Å². The summed E-state index contributed by atoms with van der Waals surface area (Å²) in [5.41, 5.74) is 0.839. The molecule has 1 aromatic rings. The summed E-state index contributed by atoms with van der Waals surface area (Å²) in [5.74, 6) is 0.636. The van der Waals surface area contributed by atoms with Crippen molar-refractivity contribution >= 4 is 5.78 Å². The van der Waals surface area contributed by atoms with E-state index in [1.165, 1.54) is 0 Å². The first kappa shape index (κ1) is 6.59. The van der Waals surface area contributed by atoms with Crippen molar-refractivity contribution in [2.45, 2.75) is 12.8 Å². The van der Waals surface area contributed by atoms with Crippen LogP contribution in [0.3, 0.4) is 0 Å². The van der Waals surface area contributed by atoms with Gasteiger partial charge in [0, 0.05) is 11.5 Å². The fraction of sp³-hybridized carbons (Fsp3) is 0.300. The SMILES string of the molecule is O=C(c1cc[c]cc1)C1CC1. The Balaban J connectivity index is 2.22. The van der Waals surface area contributed by atoms with Gasteiger partial charge in [-0.3, -0.25) is 4.79 Å². The molecular formula is C10H9O. The van der Waals surface area contributed by atoms with Crippen LogP contribution in [0.4, 0.5) is 0 Å². The molecule has 1 aromatic carbocycles. The zero-order chi connectivity index (χ0) is 7.68. The van der Waals surface area contributed by atoms with Gasteiger partial charge >= 0.3 is 0 Å². The molecule has 1 heteroatoms. The number of Topliss-reactive ketones (excluding diaryl/α,β-unsaturated/α-hetero) is 1. The van der Waals surface area contributed by atoms with Crippen molar-refractivity contribution < 1.29 is 4.79 Å². The predicted octanol–water partition coefficient (Wildman–Crippen LogP) is 2.08. The lowest BCUT2D eigenvalue weighted by molar-refractivity contribution is 0.0967. The standard InChI is InChI=1S/C10H9O/c11-10(9-6-7-9)8-4-2-1-3-5-8/h2-5,9H,6-7H2. The van der Waals surface area contributed by atoms with Gasteiger partial charge < -0.3 is 0 Å². The molecule has 1 saturated carbocycles. The monoisotopic (exact) mass is 145 g/mol. The zero-order valence-electron chi connectivity index (χ0n) is 6.21. The summed E-state index contributed by atoms with van der Waals surface area (Å²) in [4.78, 5) is 11.4. The molecule has 1 aliphatic rings. The van der Waals surface area contributed by atoms with Crippen LogP contribution in [-0.4, -0.2) is 5.78 Å². The Labute approximate surface area is 66.0 Å². The van der Waals surface area contributed by atoms with Crippen LogP contribution in [0.15, 0.2) is 24.3 Å². The fourth-order valence-corrected chi connectivity index (χ4v) is 1.13. The van der Waals surface area contributed by atoms with Crippen molar-refractivity contribution in [1.82, 2.24) is 0 Å². The van der Waals surface area contributed by atoms with Crippen LogP contribution in [0.5, 0.6) is 0 Å². The summed E-state index contributed by atoms with van der Waals surface area (Å²) in [6.07, 6.45) is 2.16. The van der Waals surface area contributed by atoms with Crippen LogP contribution in [0.25, 0.3) is 0 Å². The third-order valence-electron chi connectivity index (χ3n) is 1.95. The number of benzene rings is 1. The topological polar surface area (TPSA) is 17.1 Å². The van der Waals surface area contributed by atoms with E-state index < -0.39 is 0 Å². The summed E-state index contributed by atoms with van der Waals surface area (Å²) >= 11 is 0. The van der Waals surface area contributed by atoms with Gasteiger partial charge in [0.05, 0.1) is 0 Å². The molecule has 0 bridgehead atoms. The van der Waals surface area contributed by atoms with E-state index in [1.807, 2.05) is 12.1 Å². The second-order valence-electron chi connectivity index (χ2n) is 2.93. The quantitative estimate of drug-likeness (QED) is 0.582. The van der Waals surface area contributed by atoms with E-state index in [4.69, 9.17) is 0 Å². The minimum atomic E-state index is 0.305. The molecule has 0 atom stereocenters. The summed E-state index contributed by atoms with van der Waals surface area (Å²) < 4.78 is 0. The minimum absolute atomic E-state index is 0.305. The predicted molar refractivity (Wildman–Crippen MR) is 42.3 cm³/mol. The maximum absolute atomic E-state index is 11.4. The van der Waals surface area contributed by atoms with Gasteiger partial charge in [-0.1, -0.05) is 24.3 Å². The van der Waals surface area contributed by atoms with Crippen LogP contribution in [0.1, 0.15) is 23.2 Å². The van der Waals surface area contributed by atoms with E-state index >= 15 is 0 Å². The maximum Gasteiger partial charge on any atom is 0.165 e. The van der Waals surface area contributed by atoms with Crippen molar-refractivity contribution in [3.63, 3.8) is 0 Å². The molecule has 55 valence electrons.